The number of nitrogens with one attached hydrogen (secondary N) is 2. The van der Waals surface area contributed by atoms with Crippen molar-refractivity contribution in [3.05, 3.63) is 52.5 Å². The van der Waals surface area contributed by atoms with Gasteiger partial charge in [-0.15, -0.1) is 0 Å². The van der Waals surface area contributed by atoms with Gasteiger partial charge in [0.05, 0.1) is 17.3 Å². The van der Waals surface area contributed by atoms with Crippen LogP contribution in [0.2, 0.25) is 10.0 Å². The molecule has 2 rings (SSSR count). The Balaban J connectivity index is 1.88. The van der Waals surface area contributed by atoms with Gasteiger partial charge in [-0.05, 0) is 49.4 Å². The fourth-order valence-electron chi connectivity index (χ4n) is 1.94. The molecule has 0 saturated carbocycles. The van der Waals surface area contributed by atoms with Crippen molar-refractivity contribution in [3.8, 4) is 5.75 Å². The summed E-state index contributed by atoms with van der Waals surface area (Å²) in [4.78, 5) is 23.8. The molecule has 7 heteroatoms. The third-order valence-electron chi connectivity index (χ3n) is 2.98. The predicted octanol–water partition coefficient (Wildman–Crippen LogP) is 4.36. The summed E-state index contributed by atoms with van der Waals surface area (Å²) < 4.78 is 5.32. The maximum Gasteiger partial charge on any atom is 0.233 e. The highest BCUT2D eigenvalue weighted by atomic mass is 35.5. The minimum atomic E-state index is -0.470. The molecule has 0 unspecified atom stereocenters. The highest BCUT2D eigenvalue weighted by molar-refractivity contribution is 6.36. The van der Waals surface area contributed by atoms with E-state index in [4.69, 9.17) is 27.9 Å². The first-order valence-electron chi connectivity index (χ1n) is 7.25. The number of carbonyl (C=O) groups excluding carboxylic acids is 2. The van der Waals surface area contributed by atoms with E-state index < -0.39 is 11.8 Å². The van der Waals surface area contributed by atoms with Crippen LogP contribution in [0.15, 0.2) is 42.5 Å². The fourth-order valence-corrected chi connectivity index (χ4v) is 2.39. The van der Waals surface area contributed by atoms with Crippen molar-refractivity contribution < 1.29 is 14.3 Å². The summed E-state index contributed by atoms with van der Waals surface area (Å²) in [5.74, 6) is -0.185. The van der Waals surface area contributed by atoms with E-state index in [2.05, 4.69) is 10.6 Å². The SMILES string of the molecule is CCOc1ccc(NC(=O)CC(=O)Nc2ccc(Cl)cc2Cl)cc1. The van der Waals surface area contributed by atoms with Crippen molar-refractivity contribution in [2.75, 3.05) is 17.2 Å². The average Bonchev–Trinajstić information content (AvgIpc) is 2.52. The molecule has 0 radical (unpaired) electrons. The molecule has 0 aliphatic heterocycles. The quantitative estimate of drug-likeness (QED) is 0.746. The number of hydrogen-bond donors (Lipinski definition) is 2. The Kier molecular flexibility index (Phi) is 6.46. The summed E-state index contributed by atoms with van der Waals surface area (Å²) in [6.45, 7) is 2.46. The largest absolute Gasteiger partial charge is 0.494 e. The van der Waals surface area contributed by atoms with Gasteiger partial charge in [0, 0.05) is 10.7 Å². The van der Waals surface area contributed by atoms with Crippen LogP contribution in [-0.4, -0.2) is 18.4 Å². The Bertz CT molecular complexity index is 733. The van der Waals surface area contributed by atoms with E-state index in [1.165, 1.54) is 6.07 Å². The number of carbonyl (C=O) groups is 2. The van der Waals surface area contributed by atoms with Crippen LogP contribution in [0.1, 0.15) is 13.3 Å². The zero-order chi connectivity index (χ0) is 17.5. The summed E-state index contributed by atoms with van der Waals surface area (Å²) in [5.41, 5.74) is 0.987. The lowest BCUT2D eigenvalue weighted by Gasteiger charge is -2.09. The molecule has 2 aromatic carbocycles. The van der Waals surface area contributed by atoms with Crippen LogP contribution in [0, 0.1) is 0 Å². The maximum absolute atomic E-state index is 11.9. The van der Waals surface area contributed by atoms with E-state index in [1.807, 2.05) is 6.92 Å². The van der Waals surface area contributed by atoms with Crippen molar-refractivity contribution in [3.63, 3.8) is 0 Å². The number of halogens is 2. The zero-order valence-corrected chi connectivity index (χ0v) is 14.4. The minimum Gasteiger partial charge on any atom is -0.494 e. The van der Waals surface area contributed by atoms with Crippen LogP contribution in [0.5, 0.6) is 5.75 Å². The summed E-state index contributed by atoms with van der Waals surface area (Å²) >= 11 is 11.8. The molecular weight excluding hydrogens is 351 g/mol. The van der Waals surface area contributed by atoms with Gasteiger partial charge in [-0.1, -0.05) is 23.2 Å². The molecule has 0 aromatic heterocycles. The van der Waals surface area contributed by atoms with Crippen molar-refractivity contribution in [1.29, 1.82) is 0 Å². The smallest absolute Gasteiger partial charge is 0.233 e. The number of anilines is 2. The number of hydrogen-bond acceptors (Lipinski definition) is 3. The molecule has 0 aliphatic carbocycles. The molecule has 0 fully saturated rings. The van der Waals surface area contributed by atoms with E-state index in [-0.39, 0.29) is 6.42 Å². The van der Waals surface area contributed by atoms with Gasteiger partial charge < -0.3 is 15.4 Å². The van der Waals surface area contributed by atoms with Crippen LogP contribution < -0.4 is 15.4 Å². The van der Waals surface area contributed by atoms with Gasteiger partial charge in [0.1, 0.15) is 12.2 Å². The second kappa shape index (κ2) is 8.57. The van der Waals surface area contributed by atoms with Crippen molar-refractivity contribution >= 4 is 46.4 Å². The van der Waals surface area contributed by atoms with E-state index in [0.717, 1.165) is 0 Å². The van der Waals surface area contributed by atoms with Gasteiger partial charge in [0.2, 0.25) is 11.8 Å². The standard InChI is InChI=1S/C17H16Cl2N2O3/c1-2-24-13-6-4-12(5-7-13)20-16(22)10-17(23)21-15-8-3-11(18)9-14(15)19/h3-9H,2,10H2,1H3,(H,20,22)(H,21,23). The molecule has 0 bridgehead atoms. The van der Waals surface area contributed by atoms with E-state index >= 15 is 0 Å². The Morgan fingerprint density at radius 1 is 1.00 bits per heavy atom. The lowest BCUT2D eigenvalue weighted by molar-refractivity contribution is -0.123. The first-order valence-corrected chi connectivity index (χ1v) is 8.01. The van der Waals surface area contributed by atoms with Crippen LogP contribution in [0.3, 0.4) is 0 Å². The number of amides is 2. The van der Waals surface area contributed by atoms with Crippen LogP contribution in [0.4, 0.5) is 11.4 Å². The molecule has 0 heterocycles. The Hall–Kier alpha value is -2.24. The maximum atomic E-state index is 11.9. The normalized spacial score (nSPS) is 10.1. The first kappa shape index (κ1) is 18.1. The number of rotatable bonds is 6. The van der Waals surface area contributed by atoms with Crippen molar-refractivity contribution in [1.82, 2.24) is 0 Å². The zero-order valence-electron chi connectivity index (χ0n) is 12.9. The van der Waals surface area contributed by atoms with Gasteiger partial charge in [-0.2, -0.15) is 0 Å². The van der Waals surface area contributed by atoms with Crippen molar-refractivity contribution in [2.24, 2.45) is 0 Å². The molecule has 2 amide bonds. The Labute approximate surface area is 149 Å². The number of ether oxygens (including phenoxy) is 1. The lowest BCUT2D eigenvalue weighted by atomic mass is 10.2. The molecule has 2 aromatic rings. The Morgan fingerprint density at radius 2 is 1.67 bits per heavy atom. The summed E-state index contributed by atoms with van der Waals surface area (Å²) in [5, 5.41) is 5.98. The number of benzene rings is 2. The predicted molar refractivity (Wildman–Crippen MR) is 95.9 cm³/mol. The van der Waals surface area contributed by atoms with Crippen LogP contribution in [0.25, 0.3) is 0 Å². The van der Waals surface area contributed by atoms with Gasteiger partial charge in [-0.25, -0.2) is 0 Å². The molecule has 126 valence electrons. The molecule has 2 N–H and O–H groups in total. The molecule has 0 saturated heterocycles. The molecular formula is C17H16Cl2N2O3. The van der Waals surface area contributed by atoms with Crippen LogP contribution >= 0.6 is 23.2 Å². The van der Waals surface area contributed by atoms with Gasteiger partial charge in [0.25, 0.3) is 0 Å². The molecule has 0 atom stereocenters. The van der Waals surface area contributed by atoms with Crippen LogP contribution in [-0.2, 0) is 9.59 Å². The first-order chi connectivity index (χ1) is 11.5. The Morgan fingerprint density at radius 3 is 2.29 bits per heavy atom. The molecule has 0 aliphatic rings. The third-order valence-corrected chi connectivity index (χ3v) is 3.52. The highest BCUT2D eigenvalue weighted by Crippen LogP contribution is 2.25. The fraction of sp³-hybridized carbons (Fsp3) is 0.176. The lowest BCUT2D eigenvalue weighted by Crippen LogP contribution is -2.21. The highest BCUT2D eigenvalue weighted by Gasteiger charge is 2.12. The van der Waals surface area contributed by atoms with Gasteiger partial charge in [0.15, 0.2) is 0 Å². The third kappa shape index (κ3) is 5.44. The average molecular weight is 367 g/mol. The monoisotopic (exact) mass is 366 g/mol. The minimum absolute atomic E-state index is 0.308. The van der Waals surface area contributed by atoms with Gasteiger partial charge in [-0.3, -0.25) is 9.59 Å². The summed E-state index contributed by atoms with van der Waals surface area (Å²) in [6.07, 6.45) is -0.327. The van der Waals surface area contributed by atoms with Gasteiger partial charge >= 0.3 is 0 Å². The molecule has 24 heavy (non-hydrogen) atoms. The van der Waals surface area contributed by atoms with E-state index in [0.29, 0.717) is 33.8 Å². The summed E-state index contributed by atoms with van der Waals surface area (Å²) in [7, 11) is 0. The second-order valence-corrected chi connectivity index (χ2v) is 5.70. The molecule has 0 spiro atoms. The topological polar surface area (TPSA) is 67.4 Å². The second-order valence-electron chi connectivity index (χ2n) is 4.85. The van der Waals surface area contributed by atoms with E-state index in [9.17, 15) is 9.59 Å². The summed E-state index contributed by atoms with van der Waals surface area (Å²) in [6, 6.07) is 11.6. The van der Waals surface area contributed by atoms with E-state index in [1.54, 1.807) is 36.4 Å². The van der Waals surface area contributed by atoms with Crippen molar-refractivity contribution in [2.45, 2.75) is 13.3 Å². The molecule has 5 nitrogen and oxygen atoms in total.